The number of hydrogen-bond acceptors (Lipinski definition) is 6. The molecule has 9 heteroatoms. The number of halogens is 1. The highest BCUT2D eigenvalue weighted by Gasteiger charge is 2.18. The summed E-state index contributed by atoms with van der Waals surface area (Å²) in [5.74, 6) is 2.23. The maximum absolute atomic E-state index is 12.6. The number of amides is 1. The summed E-state index contributed by atoms with van der Waals surface area (Å²) in [7, 11) is 1.62. The van der Waals surface area contributed by atoms with E-state index in [1.807, 2.05) is 66.1 Å². The van der Waals surface area contributed by atoms with E-state index in [0.29, 0.717) is 17.5 Å². The van der Waals surface area contributed by atoms with Crippen LogP contribution in [0.4, 0.5) is 5.69 Å². The Bertz CT molecular complexity index is 1220. The molecule has 0 radical (unpaired) electrons. The first kappa shape index (κ1) is 22.2. The van der Waals surface area contributed by atoms with Gasteiger partial charge >= 0.3 is 0 Å². The minimum Gasteiger partial charge on any atom is -0.497 e. The van der Waals surface area contributed by atoms with E-state index < -0.39 is 0 Å². The number of anilines is 1. The van der Waals surface area contributed by atoms with E-state index in [1.165, 1.54) is 11.8 Å². The molecule has 0 aliphatic rings. The van der Waals surface area contributed by atoms with Gasteiger partial charge in [-0.15, -0.1) is 10.2 Å². The number of methoxy groups -OCH3 is 1. The van der Waals surface area contributed by atoms with Crippen LogP contribution in [0.25, 0.3) is 11.4 Å². The SMILES string of the molecule is COc1cccc(-c2nnc(SCC(=O)Nc3ccc(C)cc3Br)n2Cc2ccco2)c1. The summed E-state index contributed by atoms with van der Waals surface area (Å²) in [5, 5.41) is 12.3. The number of carbonyl (C=O) groups excluding carboxylic acids is 1. The number of aromatic nitrogens is 3. The minimum atomic E-state index is -0.130. The maximum Gasteiger partial charge on any atom is 0.234 e. The molecule has 0 saturated heterocycles. The van der Waals surface area contributed by atoms with Crippen molar-refractivity contribution in [2.75, 3.05) is 18.2 Å². The number of hydrogen-bond donors (Lipinski definition) is 1. The Morgan fingerprint density at radius 1 is 1.19 bits per heavy atom. The molecular formula is C23H21BrN4O3S. The summed E-state index contributed by atoms with van der Waals surface area (Å²) >= 11 is 4.81. The lowest BCUT2D eigenvalue weighted by molar-refractivity contribution is -0.113. The van der Waals surface area contributed by atoms with Crippen molar-refractivity contribution >= 4 is 39.3 Å². The van der Waals surface area contributed by atoms with E-state index >= 15 is 0 Å². The number of nitrogens with one attached hydrogen (secondary N) is 1. The van der Waals surface area contributed by atoms with Crippen molar-refractivity contribution in [2.45, 2.75) is 18.6 Å². The van der Waals surface area contributed by atoms with Crippen molar-refractivity contribution in [3.05, 3.63) is 76.7 Å². The first-order chi connectivity index (χ1) is 15.5. The van der Waals surface area contributed by atoms with Crippen LogP contribution >= 0.6 is 27.7 Å². The van der Waals surface area contributed by atoms with E-state index in [4.69, 9.17) is 9.15 Å². The molecule has 2 aromatic carbocycles. The van der Waals surface area contributed by atoms with E-state index in [2.05, 4.69) is 31.4 Å². The second-order valence-corrected chi connectivity index (χ2v) is 8.82. The quantitative estimate of drug-likeness (QED) is 0.318. The average Bonchev–Trinajstić information content (AvgIpc) is 3.45. The Morgan fingerprint density at radius 3 is 2.81 bits per heavy atom. The van der Waals surface area contributed by atoms with E-state index in [0.717, 1.165) is 32.8 Å². The van der Waals surface area contributed by atoms with E-state index in [1.54, 1.807) is 13.4 Å². The monoisotopic (exact) mass is 512 g/mol. The van der Waals surface area contributed by atoms with Crippen molar-refractivity contribution in [1.29, 1.82) is 0 Å². The van der Waals surface area contributed by atoms with Crippen LogP contribution in [-0.2, 0) is 11.3 Å². The summed E-state index contributed by atoms with van der Waals surface area (Å²) in [4.78, 5) is 12.6. The molecule has 2 aromatic heterocycles. The number of aryl methyl sites for hydroxylation is 1. The number of rotatable bonds is 8. The average molecular weight is 513 g/mol. The molecule has 164 valence electrons. The van der Waals surface area contributed by atoms with Gasteiger partial charge < -0.3 is 14.5 Å². The lowest BCUT2D eigenvalue weighted by atomic mass is 10.2. The Labute approximate surface area is 198 Å². The fraction of sp³-hybridized carbons (Fsp3) is 0.174. The molecule has 1 amide bonds. The zero-order chi connectivity index (χ0) is 22.5. The standard InChI is InChI=1S/C23H21BrN4O3S/c1-15-8-9-20(19(24)11-15)25-21(29)14-32-23-27-26-22(16-5-3-6-17(12-16)30-2)28(23)13-18-7-4-10-31-18/h3-12H,13-14H2,1-2H3,(H,25,29). The van der Waals surface area contributed by atoms with Gasteiger partial charge in [0, 0.05) is 10.0 Å². The zero-order valence-electron chi connectivity index (χ0n) is 17.5. The number of thioether (sulfide) groups is 1. The molecule has 32 heavy (non-hydrogen) atoms. The molecule has 1 N–H and O–H groups in total. The van der Waals surface area contributed by atoms with E-state index in [-0.39, 0.29) is 11.7 Å². The molecule has 0 saturated carbocycles. The fourth-order valence-corrected chi connectivity index (χ4v) is 4.44. The maximum atomic E-state index is 12.6. The highest BCUT2D eigenvalue weighted by atomic mass is 79.9. The number of ether oxygens (including phenoxy) is 1. The highest BCUT2D eigenvalue weighted by Crippen LogP contribution is 2.28. The number of nitrogens with zero attached hydrogens (tertiary/aromatic N) is 3. The van der Waals surface area contributed by atoms with Crippen LogP contribution in [0.2, 0.25) is 0 Å². The number of furan rings is 1. The number of benzene rings is 2. The third-order valence-corrected chi connectivity index (χ3v) is 6.29. The van der Waals surface area contributed by atoms with E-state index in [9.17, 15) is 4.79 Å². The van der Waals surface area contributed by atoms with Crippen molar-refractivity contribution in [2.24, 2.45) is 0 Å². The van der Waals surface area contributed by atoms with Crippen molar-refractivity contribution < 1.29 is 13.9 Å². The molecule has 2 heterocycles. The van der Waals surface area contributed by atoms with Crippen LogP contribution < -0.4 is 10.1 Å². The Balaban J connectivity index is 1.55. The van der Waals surface area contributed by atoms with Crippen LogP contribution in [0.15, 0.2) is 74.9 Å². The molecule has 0 aliphatic carbocycles. The lowest BCUT2D eigenvalue weighted by Gasteiger charge is -2.10. The third kappa shape index (κ3) is 5.23. The van der Waals surface area contributed by atoms with Crippen LogP contribution in [0, 0.1) is 6.92 Å². The molecule has 0 aliphatic heterocycles. The Hall–Kier alpha value is -3.04. The molecule has 0 fully saturated rings. The summed E-state index contributed by atoms with van der Waals surface area (Å²) in [6, 6.07) is 17.1. The summed E-state index contributed by atoms with van der Waals surface area (Å²) < 4.78 is 13.7. The van der Waals surface area contributed by atoms with Gasteiger partial charge in [0.25, 0.3) is 0 Å². The lowest BCUT2D eigenvalue weighted by Crippen LogP contribution is -2.15. The molecule has 0 bridgehead atoms. The Morgan fingerprint density at radius 2 is 2.06 bits per heavy atom. The van der Waals surface area contributed by atoms with Crippen LogP contribution in [0.1, 0.15) is 11.3 Å². The zero-order valence-corrected chi connectivity index (χ0v) is 19.9. The van der Waals surface area contributed by atoms with Gasteiger partial charge in [0.1, 0.15) is 11.5 Å². The molecular weight excluding hydrogens is 492 g/mol. The van der Waals surface area contributed by atoms with Gasteiger partial charge in [-0.2, -0.15) is 0 Å². The van der Waals surface area contributed by atoms with Gasteiger partial charge in [0.15, 0.2) is 11.0 Å². The first-order valence-electron chi connectivity index (χ1n) is 9.82. The summed E-state index contributed by atoms with van der Waals surface area (Å²) in [6.07, 6.45) is 1.63. The second-order valence-electron chi connectivity index (χ2n) is 7.02. The van der Waals surface area contributed by atoms with Crippen LogP contribution in [0.5, 0.6) is 5.75 Å². The number of carbonyl (C=O) groups is 1. The summed E-state index contributed by atoms with van der Waals surface area (Å²) in [5.41, 5.74) is 2.71. The van der Waals surface area contributed by atoms with Gasteiger partial charge in [-0.05, 0) is 64.8 Å². The van der Waals surface area contributed by atoms with Crippen molar-refractivity contribution in [1.82, 2.24) is 14.8 Å². The largest absolute Gasteiger partial charge is 0.497 e. The molecule has 0 unspecified atom stereocenters. The minimum absolute atomic E-state index is 0.130. The molecule has 0 spiro atoms. The predicted octanol–water partition coefficient (Wildman–Crippen LogP) is 5.40. The first-order valence-corrected chi connectivity index (χ1v) is 11.6. The van der Waals surface area contributed by atoms with Gasteiger partial charge in [-0.25, -0.2) is 0 Å². The van der Waals surface area contributed by atoms with Crippen molar-refractivity contribution in [3.8, 4) is 17.1 Å². The molecule has 7 nitrogen and oxygen atoms in total. The van der Waals surface area contributed by atoms with Gasteiger partial charge in [-0.1, -0.05) is 30.0 Å². The van der Waals surface area contributed by atoms with Gasteiger partial charge in [0.05, 0.1) is 31.4 Å². The van der Waals surface area contributed by atoms with Gasteiger partial charge in [0.2, 0.25) is 5.91 Å². The smallest absolute Gasteiger partial charge is 0.234 e. The molecule has 4 rings (SSSR count). The predicted molar refractivity (Wildman–Crippen MR) is 128 cm³/mol. The van der Waals surface area contributed by atoms with Gasteiger partial charge in [-0.3, -0.25) is 9.36 Å². The Kier molecular flexibility index (Phi) is 6.96. The molecule has 0 atom stereocenters. The van der Waals surface area contributed by atoms with Crippen molar-refractivity contribution in [3.63, 3.8) is 0 Å². The molecule has 4 aromatic rings. The topological polar surface area (TPSA) is 82.2 Å². The van der Waals surface area contributed by atoms with Crippen LogP contribution in [0.3, 0.4) is 0 Å². The highest BCUT2D eigenvalue weighted by molar-refractivity contribution is 9.10. The van der Waals surface area contributed by atoms with Crippen LogP contribution in [-0.4, -0.2) is 33.5 Å². The fourth-order valence-electron chi connectivity index (χ4n) is 3.11. The normalized spacial score (nSPS) is 10.8. The second kappa shape index (κ2) is 10.1. The summed E-state index contributed by atoms with van der Waals surface area (Å²) in [6.45, 7) is 2.44. The third-order valence-electron chi connectivity index (χ3n) is 4.67.